The Morgan fingerprint density at radius 1 is 1.24 bits per heavy atom. The first-order valence-electron chi connectivity index (χ1n) is 7.64. The highest BCUT2D eigenvalue weighted by molar-refractivity contribution is 6.07. The molecule has 0 fully saturated rings. The van der Waals surface area contributed by atoms with Crippen molar-refractivity contribution in [1.82, 2.24) is 5.32 Å². The van der Waals surface area contributed by atoms with E-state index in [1.165, 1.54) is 0 Å². The van der Waals surface area contributed by atoms with Crippen LogP contribution in [0.25, 0.3) is 0 Å². The van der Waals surface area contributed by atoms with E-state index in [0.717, 1.165) is 17.8 Å². The third kappa shape index (κ3) is 3.27. The Hall–Kier alpha value is -1.39. The summed E-state index contributed by atoms with van der Waals surface area (Å²) in [5.74, 6) is 0.608. The van der Waals surface area contributed by atoms with Gasteiger partial charge in [-0.3, -0.25) is 4.79 Å². The predicted octanol–water partition coefficient (Wildman–Crippen LogP) is 1.92. The lowest BCUT2D eigenvalue weighted by Gasteiger charge is -2.23. The van der Waals surface area contributed by atoms with Crippen molar-refractivity contribution in [3.8, 4) is 0 Å². The predicted molar refractivity (Wildman–Crippen MR) is 85.5 cm³/mol. The van der Waals surface area contributed by atoms with Gasteiger partial charge in [0.15, 0.2) is 0 Å². The minimum Gasteiger partial charge on any atom is -0.390 e. The molecule has 1 aliphatic heterocycles. The van der Waals surface area contributed by atoms with Gasteiger partial charge in [0.1, 0.15) is 0 Å². The zero-order valence-electron chi connectivity index (χ0n) is 13.4. The highest BCUT2D eigenvalue weighted by Crippen LogP contribution is 2.41. The van der Waals surface area contributed by atoms with Crippen molar-refractivity contribution in [2.24, 2.45) is 5.92 Å². The minimum absolute atomic E-state index is 0.0617. The number of fused-ring (bicyclic) bond motifs is 1. The van der Waals surface area contributed by atoms with Crippen LogP contribution in [0.2, 0.25) is 0 Å². The van der Waals surface area contributed by atoms with Crippen molar-refractivity contribution in [1.29, 1.82) is 0 Å². The maximum atomic E-state index is 12.6. The average Bonchev–Trinajstić information content (AvgIpc) is 2.60. The fourth-order valence-corrected chi connectivity index (χ4v) is 2.79. The first kappa shape index (κ1) is 16.0. The molecule has 21 heavy (non-hydrogen) atoms. The average molecular weight is 290 g/mol. The summed E-state index contributed by atoms with van der Waals surface area (Å²) in [6, 6.07) is 7.84. The van der Waals surface area contributed by atoms with Crippen LogP contribution in [0.1, 0.15) is 33.3 Å². The lowest BCUT2D eigenvalue weighted by molar-refractivity contribution is -0.122. The number of rotatable bonds is 6. The molecular weight excluding hydrogens is 264 g/mol. The van der Waals surface area contributed by atoms with Gasteiger partial charge in [0.25, 0.3) is 0 Å². The number of nitrogens with one attached hydrogen (secondary N) is 1. The van der Waals surface area contributed by atoms with Gasteiger partial charge < -0.3 is 15.3 Å². The van der Waals surface area contributed by atoms with E-state index in [4.69, 9.17) is 0 Å². The van der Waals surface area contributed by atoms with Crippen molar-refractivity contribution < 1.29 is 9.90 Å². The summed E-state index contributed by atoms with van der Waals surface area (Å²) >= 11 is 0. The fraction of sp³-hybridized carbons (Fsp3) is 0.588. The van der Waals surface area contributed by atoms with Crippen LogP contribution >= 0.6 is 0 Å². The van der Waals surface area contributed by atoms with Crippen molar-refractivity contribution in [2.75, 3.05) is 24.5 Å². The Balaban J connectivity index is 2.05. The van der Waals surface area contributed by atoms with Crippen LogP contribution < -0.4 is 10.2 Å². The topological polar surface area (TPSA) is 52.6 Å². The standard InChI is InChI=1S/C17H26N2O2/c1-12(2)9-18-10-13(20)11-19-15-8-6-5-7-14(15)17(3,4)16(19)21/h5-8,12-13,18,20H,9-11H2,1-4H3. The van der Waals surface area contributed by atoms with Gasteiger partial charge in [-0.1, -0.05) is 32.0 Å². The normalized spacial score (nSPS) is 18.2. The van der Waals surface area contributed by atoms with E-state index in [1.807, 2.05) is 38.1 Å². The van der Waals surface area contributed by atoms with Gasteiger partial charge in [0.2, 0.25) is 5.91 Å². The van der Waals surface area contributed by atoms with Crippen molar-refractivity contribution in [3.63, 3.8) is 0 Å². The molecule has 2 N–H and O–H groups in total. The maximum absolute atomic E-state index is 12.6. The molecule has 0 bridgehead atoms. The highest BCUT2D eigenvalue weighted by atomic mass is 16.3. The lowest BCUT2D eigenvalue weighted by atomic mass is 9.86. The van der Waals surface area contributed by atoms with Crippen LogP contribution in [0.15, 0.2) is 24.3 Å². The Bertz CT molecular complexity index is 511. The summed E-state index contributed by atoms with van der Waals surface area (Å²) in [5.41, 5.74) is 1.45. The molecule has 0 spiro atoms. The maximum Gasteiger partial charge on any atom is 0.237 e. The second-order valence-corrected chi connectivity index (χ2v) is 6.76. The summed E-state index contributed by atoms with van der Waals surface area (Å²) in [6.45, 7) is 9.85. The van der Waals surface area contributed by atoms with Gasteiger partial charge in [-0.25, -0.2) is 0 Å². The minimum atomic E-state index is -0.561. The first-order valence-corrected chi connectivity index (χ1v) is 7.64. The number of hydrogen-bond acceptors (Lipinski definition) is 3. The molecule has 1 aromatic carbocycles. The molecule has 0 aliphatic carbocycles. The molecule has 1 heterocycles. The van der Waals surface area contributed by atoms with E-state index in [9.17, 15) is 9.90 Å². The largest absolute Gasteiger partial charge is 0.390 e. The molecule has 1 unspecified atom stereocenters. The van der Waals surface area contributed by atoms with Gasteiger partial charge in [0, 0.05) is 12.2 Å². The SMILES string of the molecule is CC(C)CNCC(O)CN1C(=O)C(C)(C)c2ccccc21. The third-order valence-corrected chi connectivity index (χ3v) is 3.97. The zero-order chi connectivity index (χ0) is 15.6. The molecule has 0 aromatic heterocycles. The van der Waals surface area contributed by atoms with Gasteiger partial charge in [-0.05, 0) is 37.9 Å². The van der Waals surface area contributed by atoms with Crippen LogP contribution in [0, 0.1) is 5.92 Å². The van der Waals surface area contributed by atoms with Gasteiger partial charge in [0.05, 0.1) is 18.1 Å². The quantitative estimate of drug-likeness (QED) is 0.841. The van der Waals surface area contributed by atoms with Crippen LogP contribution in [0.4, 0.5) is 5.69 Å². The number of carbonyl (C=O) groups excluding carboxylic acids is 1. The number of para-hydroxylation sites is 1. The van der Waals surface area contributed by atoms with E-state index < -0.39 is 11.5 Å². The molecule has 1 amide bonds. The number of benzene rings is 1. The number of anilines is 1. The Morgan fingerprint density at radius 3 is 2.57 bits per heavy atom. The highest BCUT2D eigenvalue weighted by Gasteiger charge is 2.43. The summed E-state index contributed by atoms with van der Waals surface area (Å²) in [4.78, 5) is 14.3. The molecule has 0 saturated carbocycles. The monoisotopic (exact) mass is 290 g/mol. The summed E-state index contributed by atoms with van der Waals surface area (Å²) in [7, 11) is 0. The molecule has 1 atom stereocenters. The lowest BCUT2D eigenvalue weighted by Crippen LogP contribution is -2.43. The number of β-amino-alcohol motifs (C(OH)–C–C–N with tert-alkyl or cyclic N) is 1. The van der Waals surface area contributed by atoms with Crippen LogP contribution in [-0.2, 0) is 10.2 Å². The first-order chi connectivity index (χ1) is 9.84. The second kappa shape index (κ2) is 6.16. The van der Waals surface area contributed by atoms with Crippen molar-refractivity contribution in [2.45, 2.75) is 39.2 Å². The number of aliphatic hydroxyl groups excluding tert-OH is 1. The van der Waals surface area contributed by atoms with Gasteiger partial charge in [-0.2, -0.15) is 0 Å². The third-order valence-electron chi connectivity index (χ3n) is 3.97. The van der Waals surface area contributed by atoms with Gasteiger partial charge >= 0.3 is 0 Å². The number of nitrogens with zero attached hydrogens (tertiary/aromatic N) is 1. The molecule has 0 radical (unpaired) electrons. The van der Waals surface area contributed by atoms with Crippen molar-refractivity contribution in [3.05, 3.63) is 29.8 Å². The van der Waals surface area contributed by atoms with E-state index in [0.29, 0.717) is 19.0 Å². The Labute approximate surface area is 127 Å². The van der Waals surface area contributed by atoms with E-state index in [1.54, 1.807) is 4.90 Å². The number of carbonyl (C=O) groups is 1. The van der Waals surface area contributed by atoms with E-state index >= 15 is 0 Å². The fourth-order valence-electron chi connectivity index (χ4n) is 2.79. The van der Waals surface area contributed by atoms with Crippen molar-refractivity contribution >= 4 is 11.6 Å². The smallest absolute Gasteiger partial charge is 0.237 e. The zero-order valence-corrected chi connectivity index (χ0v) is 13.4. The number of aliphatic hydroxyl groups is 1. The Morgan fingerprint density at radius 2 is 1.90 bits per heavy atom. The van der Waals surface area contributed by atoms with Gasteiger partial charge in [-0.15, -0.1) is 0 Å². The molecule has 116 valence electrons. The second-order valence-electron chi connectivity index (χ2n) is 6.76. The molecule has 1 aromatic rings. The van der Waals surface area contributed by atoms with Crippen LogP contribution in [0.5, 0.6) is 0 Å². The molecule has 2 rings (SSSR count). The molecular formula is C17H26N2O2. The summed E-state index contributed by atoms with van der Waals surface area (Å²) in [5, 5.41) is 13.4. The molecule has 4 nitrogen and oxygen atoms in total. The number of amides is 1. The van der Waals surface area contributed by atoms with E-state index in [2.05, 4.69) is 19.2 Å². The number of hydrogen-bond donors (Lipinski definition) is 2. The van der Waals surface area contributed by atoms with Crippen LogP contribution in [0.3, 0.4) is 0 Å². The molecule has 1 aliphatic rings. The Kier molecular flexibility index (Phi) is 4.69. The molecule has 0 saturated heterocycles. The van der Waals surface area contributed by atoms with E-state index in [-0.39, 0.29) is 5.91 Å². The summed E-state index contributed by atoms with van der Waals surface area (Å²) in [6.07, 6.45) is -0.561. The summed E-state index contributed by atoms with van der Waals surface area (Å²) < 4.78 is 0. The van der Waals surface area contributed by atoms with Crippen LogP contribution in [-0.4, -0.2) is 36.8 Å². The molecule has 4 heteroatoms.